The smallest absolute Gasteiger partial charge is 0.217 e. The van der Waals surface area contributed by atoms with Crippen molar-refractivity contribution in [1.82, 2.24) is 4.31 Å². The van der Waals surface area contributed by atoms with Crippen LogP contribution in [0.25, 0.3) is 0 Å². The Morgan fingerprint density at radius 1 is 1.36 bits per heavy atom. The van der Waals surface area contributed by atoms with Crippen molar-refractivity contribution in [2.75, 3.05) is 20.1 Å². The van der Waals surface area contributed by atoms with Crippen LogP contribution in [0.1, 0.15) is 27.7 Å². The molecule has 0 aromatic carbocycles. The lowest BCUT2D eigenvalue weighted by atomic mass is 9.97. The van der Waals surface area contributed by atoms with E-state index in [1.54, 1.807) is 14.0 Å². The van der Waals surface area contributed by atoms with Crippen LogP contribution >= 0.6 is 0 Å². The number of nitrogens with two attached hydrogens (primary N) is 1. The second-order valence-electron chi connectivity index (χ2n) is 4.91. The molecule has 0 heterocycles. The summed E-state index contributed by atoms with van der Waals surface area (Å²) in [5.41, 5.74) is 5.32. The Kier molecular flexibility index (Phi) is 4.55. The molecule has 0 spiro atoms. The molecule has 0 aliphatic rings. The fourth-order valence-electron chi connectivity index (χ4n) is 1.19. The summed E-state index contributed by atoms with van der Waals surface area (Å²) < 4.78 is 25.0. The van der Waals surface area contributed by atoms with E-state index in [-0.39, 0.29) is 12.0 Å². The predicted molar refractivity (Wildman–Crippen MR) is 59.5 cm³/mol. The van der Waals surface area contributed by atoms with Gasteiger partial charge in [0.2, 0.25) is 10.0 Å². The first-order valence-corrected chi connectivity index (χ1v) is 6.27. The maximum absolute atomic E-state index is 11.8. The monoisotopic (exact) mass is 222 g/mol. The lowest BCUT2D eigenvalue weighted by molar-refractivity contribution is 0.309. The van der Waals surface area contributed by atoms with Gasteiger partial charge in [-0.25, -0.2) is 12.7 Å². The summed E-state index contributed by atoms with van der Waals surface area (Å²) in [7, 11) is -1.61. The quantitative estimate of drug-likeness (QED) is 0.759. The first kappa shape index (κ1) is 13.9. The number of nitrogens with zero attached hydrogens (tertiary/aromatic N) is 1. The van der Waals surface area contributed by atoms with Gasteiger partial charge >= 0.3 is 0 Å². The average Bonchev–Trinajstić information content (AvgIpc) is 1.99. The highest BCUT2D eigenvalue weighted by Gasteiger charge is 2.27. The lowest BCUT2D eigenvalue weighted by Gasteiger charge is -2.28. The predicted octanol–water partition coefficient (Wildman–Crippen LogP) is 0.641. The van der Waals surface area contributed by atoms with E-state index in [0.717, 1.165) is 0 Å². The van der Waals surface area contributed by atoms with Crippen molar-refractivity contribution in [2.45, 2.75) is 32.9 Å². The van der Waals surface area contributed by atoms with E-state index in [9.17, 15) is 8.42 Å². The summed E-state index contributed by atoms with van der Waals surface area (Å²) in [5, 5.41) is -0.505. The first-order valence-electron chi connectivity index (χ1n) is 4.76. The van der Waals surface area contributed by atoms with Gasteiger partial charge in [-0.2, -0.15) is 0 Å². The van der Waals surface area contributed by atoms with Crippen LogP contribution in [-0.4, -0.2) is 38.1 Å². The molecule has 0 saturated heterocycles. The minimum atomic E-state index is -3.21. The van der Waals surface area contributed by atoms with E-state index in [2.05, 4.69) is 0 Å². The van der Waals surface area contributed by atoms with Gasteiger partial charge in [0, 0.05) is 20.1 Å². The van der Waals surface area contributed by atoms with Crippen LogP contribution in [0.4, 0.5) is 0 Å². The summed E-state index contributed by atoms with van der Waals surface area (Å²) in [6.45, 7) is 8.33. The highest BCUT2D eigenvalue weighted by molar-refractivity contribution is 7.89. The van der Waals surface area contributed by atoms with Gasteiger partial charge in [0.15, 0.2) is 0 Å². The van der Waals surface area contributed by atoms with Crippen molar-refractivity contribution in [3.8, 4) is 0 Å². The fraction of sp³-hybridized carbons (Fsp3) is 1.00. The van der Waals surface area contributed by atoms with Crippen LogP contribution in [-0.2, 0) is 10.0 Å². The first-order chi connectivity index (χ1) is 6.11. The van der Waals surface area contributed by atoms with Crippen LogP contribution in [0.2, 0.25) is 0 Å². The normalized spacial score (nSPS) is 15.9. The average molecular weight is 222 g/mol. The molecule has 14 heavy (non-hydrogen) atoms. The number of hydrogen-bond donors (Lipinski definition) is 1. The molecule has 0 aromatic heterocycles. The van der Waals surface area contributed by atoms with Gasteiger partial charge in [-0.1, -0.05) is 20.8 Å². The molecule has 0 bridgehead atoms. The van der Waals surface area contributed by atoms with Gasteiger partial charge in [-0.3, -0.25) is 0 Å². The van der Waals surface area contributed by atoms with Crippen molar-refractivity contribution in [3.05, 3.63) is 0 Å². The third-order valence-electron chi connectivity index (χ3n) is 1.97. The minimum Gasteiger partial charge on any atom is -0.329 e. The van der Waals surface area contributed by atoms with Gasteiger partial charge in [0.1, 0.15) is 0 Å². The van der Waals surface area contributed by atoms with Crippen LogP contribution in [0.5, 0.6) is 0 Å². The van der Waals surface area contributed by atoms with Gasteiger partial charge in [0.05, 0.1) is 5.25 Å². The van der Waals surface area contributed by atoms with Crippen molar-refractivity contribution >= 4 is 10.0 Å². The van der Waals surface area contributed by atoms with E-state index < -0.39 is 15.3 Å². The van der Waals surface area contributed by atoms with E-state index >= 15 is 0 Å². The molecule has 0 amide bonds. The Hall–Kier alpha value is -0.130. The highest BCUT2D eigenvalue weighted by Crippen LogP contribution is 2.17. The van der Waals surface area contributed by atoms with E-state index in [4.69, 9.17) is 5.73 Å². The molecule has 1 unspecified atom stereocenters. The maximum atomic E-state index is 11.8. The second-order valence-corrected chi connectivity index (χ2v) is 7.37. The zero-order chi connectivity index (χ0) is 11.6. The van der Waals surface area contributed by atoms with Crippen molar-refractivity contribution in [3.63, 3.8) is 0 Å². The SMILES string of the molecule is CC(CN)S(=O)(=O)N(C)CC(C)(C)C. The van der Waals surface area contributed by atoms with E-state index in [0.29, 0.717) is 6.54 Å². The van der Waals surface area contributed by atoms with Gasteiger partial charge in [0.25, 0.3) is 0 Å². The zero-order valence-electron chi connectivity index (χ0n) is 9.74. The molecule has 2 N–H and O–H groups in total. The molecule has 86 valence electrons. The van der Waals surface area contributed by atoms with Gasteiger partial charge in [-0.05, 0) is 12.3 Å². The molecule has 0 aliphatic heterocycles. The Morgan fingerprint density at radius 2 is 1.79 bits per heavy atom. The third-order valence-corrected chi connectivity index (χ3v) is 4.18. The standard InChI is InChI=1S/C9H22N2O2S/c1-8(6-10)14(12,13)11(5)7-9(2,3)4/h8H,6-7,10H2,1-5H3. The number of sulfonamides is 1. The molecule has 5 heteroatoms. The molecule has 0 aromatic rings. The molecular weight excluding hydrogens is 200 g/mol. The summed E-state index contributed by atoms with van der Waals surface area (Å²) in [5.74, 6) is 0. The Balaban J connectivity index is 4.61. The summed E-state index contributed by atoms with van der Waals surface area (Å²) in [4.78, 5) is 0. The van der Waals surface area contributed by atoms with E-state index in [1.807, 2.05) is 20.8 Å². The molecule has 0 saturated carbocycles. The largest absolute Gasteiger partial charge is 0.329 e. The zero-order valence-corrected chi connectivity index (χ0v) is 10.6. The third kappa shape index (κ3) is 3.94. The topological polar surface area (TPSA) is 63.4 Å². The van der Waals surface area contributed by atoms with Crippen molar-refractivity contribution < 1.29 is 8.42 Å². The van der Waals surface area contributed by atoms with Crippen LogP contribution < -0.4 is 5.73 Å². The number of hydrogen-bond acceptors (Lipinski definition) is 3. The molecule has 0 rings (SSSR count). The lowest BCUT2D eigenvalue weighted by Crippen LogP contribution is -2.42. The van der Waals surface area contributed by atoms with Crippen LogP contribution in [0.3, 0.4) is 0 Å². The number of rotatable bonds is 4. The Labute approximate surface area is 87.5 Å². The molecular formula is C9H22N2O2S. The van der Waals surface area contributed by atoms with Crippen LogP contribution in [0, 0.1) is 5.41 Å². The summed E-state index contributed by atoms with van der Waals surface area (Å²) in [6, 6.07) is 0. The van der Waals surface area contributed by atoms with Crippen molar-refractivity contribution in [1.29, 1.82) is 0 Å². The second kappa shape index (κ2) is 4.59. The van der Waals surface area contributed by atoms with Gasteiger partial charge < -0.3 is 5.73 Å². The molecule has 4 nitrogen and oxygen atoms in total. The summed E-state index contributed by atoms with van der Waals surface area (Å²) in [6.07, 6.45) is 0. The van der Waals surface area contributed by atoms with Gasteiger partial charge in [-0.15, -0.1) is 0 Å². The molecule has 1 atom stereocenters. The fourth-order valence-corrected chi connectivity index (χ4v) is 2.61. The Bertz CT molecular complexity index is 267. The molecule has 0 radical (unpaired) electrons. The van der Waals surface area contributed by atoms with Crippen LogP contribution in [0.15, 0.2) is 0 Å². The highest BCUT2D eigenvalue weighted by atomic mass is 32.2. The van der Waals surface area contributed by atoms with Crippen molar-refractivity contribution in [2.24, 2.45) is 11.1 Å². The molecule has 0 fully saturated rings. The Morgan fingerprint density at radius 3 is 2.07 bits per heavy atom. The van der Waals surface area contributed by atoms with E-state index in [1.165, 1.54) is 4.31 Å². The maximum Gasteiger partial charge on any atom is 0.217 e. The minimum absolute atomic E-state index is 0.0316. The molecule has 0 aliphatic carbocycles. The summed E-state index contributed by atoms with van der Waals surface area (Å²) >= 11 is 0.